The van der Waals surface area contributed by atoms with Crippen molar-refractivity contribution in [2.24, 2.45) is 0 Å². The molecular weight excluding hydrogens is 525 g/mol. The summed E-state index contributed by atoms with van der Waals surface area (Å²) in [6.45, 7) is 0. The molecule has 7 nitrogen and oxygen atoms in total. The molecular formula is C26H20Cl3N3O4. The molecule has 0 aliphatic heterocycles. The van der Waals surface area contributed by atoms with E-state index in [0.29, 0.717) is 16.3 Å². The highest BCUT2D eigenvalue weighted by Gasteiger charge is 2.29. The average molecular weight is 545 g/mol. The van der Waals surface area contributed by atoms with Crippen molar-refractivity contribution in [1.82, 2.24) is 14.5 Å². The quantitative estimate of drug-likeness (QED) is 0.321. The summed E-state index contributed by atoms with van der Waals surface area (Å²) < 4.78 is 3.41. The molecule has 1 amide bonds. The SMILES string of the molecule is O=C(NC(Cc1ccc(-n2c(=O)n(C3CC3)c3cc(Cl)ccc32)cc1)C(=O)O)c1c(Cl)cccc1Cl. The van der Waals surface area contributed by atoms with Gasteiger partial charge in [0.1, 0.15) is 6.04 Å². The summed E-state index contributed by atoms with van der Waals surface area (Å²) >= 11 is 18.4. The van der Waals surface area contributed by atoms with Gasteiger partial charge in [-0.15, -0.1) is 0 Å². The van der Waals surface area contributed by atoms with Crippen LogP contribution in [-0.4, -0.2) is 32.2 Å². The van der Waals surface area contributed by atoms with E-state index in [1.165, 1.54) is 12.1 Å². The zero-order valence-electron chi connectivity index (χ0n) is 18.7. The summed E-state index contributed by atoms with van der Waals surface area (Å²) in [4.78, 5) is 37.8. The van der Waals surface area contributed by atoms with Crippen molar-refractivity contribution < 1.29 is 14.7 Å². The molecule has 1 saturated carbocycles. The molecule has 1 heterocycles. The van der Waals surface area contributed by atoms with E-state index in [0.717, 1.165) is 23.9 Å². The maximum atomic E-state index is 13.3. The normalized spacial score (nSPS) is 14.1. The lowest BCUT2D eigenvalue weighted by molar-refractivity contribution is -0.139. The molecule has 1 aliphatic rings. The topological polar surface area (TPSA) is 93.3 Å². The number of carboxylic acid groups (broad SMARTS) is 1. The van der Waals surface area contributed by atoms with Crippen LogP contribution in [-0.2, 0) is 11.2 Å². The summed E-state index contributed by atoms with van der Waals surface area (Å²) in [6, 6.07) is 15.9. The first-order valence-corrected chi connectivity index (χ1v) is 12.4. The first-order valence-electron chi connectivity index (χ1n) is 11.2. The van der Waals surface area contributed by atoms with Gasteiger partial charge in [-0.3, -0.25) is 13.9 Å². The molecule has 10 heteroatoms. The highest BCUT2D eigenvalue weighted by atomic mass is 35.5. The summed E-state index contributed by atoms with van der Waals surface area (Å²) in [5, 5.41) is 13.0. The van der Waals surface area contributed by atoms with Gasteiger partial charge in [-0.25, -0.2) is 9.59 Å². The number of carbonyl (C=O) groups excluding carboxylic acids is 1. The van der Waals surface area contributed by atoms with Crippen molar-refractivity contribution in [2.75, 3.05) is 0 Å². The van der Waals surface area contributed by atoms with Gasteiger partial charge in [-0.05, 0) is 60.9 Å². The number of imidazole rings is 1. The number of carboxylic acids is 1. The van der Waals surface area contributed by atoms with E-state index in [4.69, 9.17) is 34.8 Å². The Kier molecular flexibility index (Phi) is 6.55. The molecule has 1 aliphatic carbocycles. The minimum Gasteiger partial charge on any atom is -0.480 e. The lowest BCUT2D eigenvalue weighted by Crippen LogP contribution is -2.42. The highest BCUT2D eigenvalue weighted by molar-refractivity contribution is 6.39. The first kappa shape index (κ1) is 24.4. The summed E-state index contributed by atoms with van der Waals surface area (Å²) in [7, 11) is 0. The number of amides is 1. The number of nitrogens with one attached hydrogen (secondary N) is 1. The number of benzene rings is 3. The van der Waals surface area contributed by atoms with Crippen molar-refractivity contribution in [1.29, 1.82) is 0 Å². The second-order valence-corrected chi connectivity index (χ2v) is 9.93. The second kappa shape index (κ2) is 9.65. The van der Waals surface area contributed by atoms with Crippen LogP contribution < -0.4 is 11.0 Å². The van der Waals surface area contributed by atoms with Gasteiger partial charge < -0.3 is 10.4 Å². The molecule has 1 unspecified atom stereocenters. The molecule has 0 saturated heterocycles. The van der Waals surface area contributed by atoms with E-state index >= 15 is 0 Å². The van der Waals surface area contributed by atoms with Gasteiger partial charge in [0.2, 0.25) is 0 Å². The van der Waals surface area contributed by atoms with Gasteiger partial charge in [0, 0.05) is 17.5 Å². The smallest absolute Gasteiger partial charge is 0.333 e. The zero-order chi connectivity index (χ0) is 25.6. The minimum absolute atomic E-state index is 0.0222. The third-order valence-corrected chi connectivity index (χ3v) is 7.04. The number of fused-ring (bicyclic) bond motifs is 1. The molecule has 5 rings (SSSR count). The molecule has 1 fully saturated rings. The van der Waals surface area contributed by atoms with E-state index < -0.39 is 17.9 Å². The van der Waals surface area contributed by atoms with Crippen LogP contribution in [0.1, 0.15) is 34.8 Å². The fourth-order valence-corrected chi connectivity index (χ4v) is 5.03. The van der Waals surface area contributed by atoms with Crippen LogP contribution in [0.4, 0.5) is 0 Å². The largest absolute Gasteiger partial charge is 0.480 e. The first-order chi connectivity index (χ1) is 17.2. The Labute approximate surface area is 220 Å². The Morgan fingerprint density at radius 1 is 0.972 bits per heavy atom. The summed E-state index contributed by atoms with van der Waals surface area (Å²) in [5.41, 5.74) is 2.72. The van der Waals surface area contributed by atoms with Gasteiger partial charge in [0.15, 0.2) is 0 Å². The van der Waals surface area contributed by atoms with Gasteiger partial charge in [-0.1, -0.05) is 53.0 Å². The van der Waals surface area contributed by atoms with Crippen LogP contribution >= 0.6 is 34.8 Å². The number of aliphatic carboxylic acids is 1. The number of nitrogens with zero attached hydrogens (tertiary/aromatic N) is 2. The summed E-state index contributed by atoms with van der Waals surface area (Å²) in [6.07, 6.45) is 1.93. The molecule has 2 N–H and O–H groups in total. The number of carbonyl (C=O) groups is 2. The number of aromatic nitrogens is 2. The molecule has 1 aromatic heterocycles. The third-order valence-electron chi connectivity index (χ3n) is 6.17. The highest BCUT2D eigenvalue weighted by Crippen LogP contribution is 2.37. The van der Waals surface area contributed by atoms with Crippen molar-refractivity contribution in [3.63, 3.8) is 0 Å². The zero-order valence-corrected chi connectivity index (χ0v) is 21.0. The molecule has 0 spiro atoms. The molecule has 184 valence electrons. The fourth-order valence-electron chi connectivity index (χ4n) is 4.29. The number of hydrogen-bond acceptors (Lipinski definition) is 3. The van der Waals surface area contributed by atoms with Crippen molar-refractivity contribution in [3.05, 3.63) is 97.3 Å². The van der Waals surface area contributed by atoms with E-state index in [1.807, 2.05) is 6.07 Å². The van der Waals surface area contributed by atoms with Gasteiger partial charge >= 0.3 is 11.7 Å². The molecule has 36 heavy (non-hydrogen) atoms. The Hall–Kier alpha value is -3.26. The van der Waals surface area contributed by atoms with Gasteiger partial charge in [-0.2, -0.15) is 0 Å². The van der Waals surface area contributed by atoms with E-state index in [-0.39, 0.29) is 33.8 Å². The summed E-state index contributed by atoms with van der Waals surface area (Å²) in [5.74, 6) is -1.87. The maximum absolute atomic E-state index is 13.3. The third kappa shape index (κ3) is 4.62. The molecule has 4 aromatic rings. The van der Waals surface area contributed by atoms with E-state index in [1.54, 1.807) is 51.6 Å². The second-order valence-electron chi connectivity index (χ2n) is 8.68. The Bertz CT molecular complexity index is 1540. The predicted molar refractivity (Wildman–Crippen MR) is 140 cm³/mol. The molecule has 1 atom stereocenters. The van der Waals surface area contributed by atoms with Crippen LogP contribution in [0.2, 0.25) is 15.1 Å². The van der Waals surface area contributed by atoms with Crippen LogP contribution in [0, 0.1) is 0 Å². The van der Waals surface area contributed by atoms with E-state index in [9.17, 15) is 19.5 Å². The maximum Gasteiger partial charge on any atom is 0.333 e. The number of hydrogen-bond donors (Lipinski definition) is 2. The molecule has 3 aromatic carbocycles. The lowest BCUT2D eigenvalue weighted by atomic mass is 10.0. The lowest BCUT2D eigenvalue weighted by Gasteiger charge is -2.16. The van der Waals surface area contributed by atoms with Crippen LogP contribution in [0.25, 0.3) is 16.7 Å². The number of halogens is 3. The van der Waals surface area contributed by atoms with Crippen LogP contribution in [0.5, 0.6) is 0 Å². The van der Waals surface area contributed by atoms with Crippen LogP contribution in [0.15, 0.2) is 65.5 Å². The average Bonchev–Trinajstić information content (AvgIpc) is 3.62. The fraction of sp³-hybridized carbons (Fsp3) is 0.192. The van der Waals surface area contributed by atoms with E-state index in [2.05, 4.69) is 5.32 Å². The van der Waals surface area contributed by atoms with Gasteiger partial charge in [0.25, 0.3) is 5.91 Å². The Morgan fingerprint density at radius 3 is 2.25 bits per heavy atom. The number of rotatable bonds is 7. The standard InChI is InChI=1S/C26H20Cl3N3O4/c27-15-6-11-21-22(13-15)32(17-9-10-17)26(36)31(21)16-7-4-14(5-8-16)12-20(25(34)35)30-24(33)23-18(28)2-1-3-19(23)29/h1-8,11,13,17,20H,9-10,12H2,(H,30,33)(H,34,35). The molecule has 0 bridgehead atoms. The Morgan fingerprint density at radius 2 is 1.64 bits per heavy atom. The Balaban J connectivity index is 1.41. The van der Waals surface area contributed by atoms with Crippen molar-refractivity contribution >= 4 is 57.7 Å². The predicted octanol–water partition coefficient (Wildman–Crippen LogP) is 5.51. The monoisotopic (exact) mass is 543 g/mol. The van der Waals surface area contributed by atoms with Crippen LogP contribution in [0.3, 0.4) is 0 Å². The van der Waals surface area contributed by atoms with Gasteiger partial charge in [0.05, 0.1) is 32.3 Å². The molecule has 0 radical (unpaired) electrons. The minimum atomic E-state index is -1.21. The van der Waals surface area contributed by atoms with Crippen molar-refractivity contribution in [2.45, 2.75) is 31.3 Å². The van der Waals surface area contributed by atoms with Crippen molar-refractivity contribution in [3.8, 4) is 5.69 Å².